The molecule has 0 aliphatic heterocycles. The second-order valence-corrected chi connectivity index (χ2v) is 3.56. The highest BCUT2D eigenvalue weighted by molar-refractivity contribution is 4.89. The zero-order chi connectivity index (χ0) is 9.56. The Morgan fingerprint density at radius 2 is 2.17 bits per heavy atom. The van der Waals surface area contributed by atoms with E-state index >= 15 is 0 Å². The first kappa shape index (κ1) is 11.4. The van der Waals surface area contributed by atoms with Crippen LogP contribution in [0, 0.1) is 5.92 Å². The van der Waals surface area contributed by atoms with E-state index in [4.69, 9.17) is 0 Å². The first-order chi connectivity index (χ1) is 5.57. The van der Waals surface area contributed by atoms with Gasteiger partial charge >= 0.3 is 0 Å². The summed E-state index contributed by atoms with van der Waals surface area (Å²) in [6, 6.07) is 0. The second kappa shape index (κ2) is 6.01. The molecule has 2 atom stereocenters. The largest absolute Gasteiger partial charge is 0.393 e. The molecule has 1 nitrogen and oxygen atoms in total. The molecule has 1 heteroatoms. The van der Waals surface area contributed by atoms with E-state index in [2.05, 4.69) is 13.2 Å². The summed E-state index contributed by atoms with van der Waals surface area (Å²) in [6.45, 7) is 11.5. The molecule has 0 bridgehead atoms. The van der Waals surface area contributed by atoms with Crippen molar-refractivity contribution >= 4 is 0 Å². The molecule has 0 heterocycles. The first-order valence-corrected chi connectivity index (χ1v) is 4.51. The van der Waals surface area contributed by atoms with Crippen molar-refractivity contribution in [2.75, 3.05) is 0 Å². The fraction of sp³-hybridized carbons (Fsp3) is 0.636. The van der Waals surface area contributed by atoms with Gasteiger partial charge in [0.05, 0.1) is 6.10 Å². The van der Waals surface area contributed by atoms with Crippen LogP contribution in [0.1, 0.15) is 33.1 Å². The van der Waals surface area contributed by atoms with Crippen LogP contribution in [-0.2, 0) is 0 Å². The molecule has 0 aromatic heterocycles. The van der Waals surface area contributed by atoms with Crippen LogP contribution in [-0.4, -0.2) is 11.2 Å². The summed E-state index contributed by atoms with van der Waals surface area (Å²) < 4.78 is 0. The second-order valence-electron chi connectivity index (χ2n) is 3.56. The Kier molecular flexibility index (Phi) is 5.73. The van der Waals surface area contributed by atoms with Crippen molar-refractivity contribution < 1.29 is 5.11 Å². The van der Waals surface area contributed by atoms with Crippen LogP contribution in [0.3, 0.4) is 0 Å². The Morgan fingerprint density at radius 1 is 1.58 bits per heavy atom. The predicted molar refractivity (Wildman–Crippen MR) is 54.0 cm³/mol. The molecule has 2 unspecified atom stereocenters. The molecule has 0 fully saturated rings. The third-order valence-corrected chi connectivity index (χ3v) is 2.06. The zero-order valence-corrected chi connectivity index (χ0v) is 8.21. The van der Waals surface area contributed by atoms with Crippen LogP contribution in [0.5, 0.6) is 0 Å². The minimum Gasteiger partial charge on any atom is -0.393 e. The quantitative estimate of drug-likeness (QED) is 0.605. The molecule has 0 aliphatic rings. The van der Waals surface area contributed by atoms with Crippen LogP contribution >= 0.6 is 0 Å². The number of hydrogen-bond donors (Lipinski definition) is 1. The summed E-state index contributed by atoms with van der Waals surface area (Å²) in [5, 5.41) is 9.61. The lowest BCUT2D eigenvalue weighted by molar-refractivity contribution is 0.109. The average molecular weight is 168 g/mol. The van der Waals surface area contributed by atoms with Gasteiger partial charge in [0.15, 0.2) is 0 Å². The number of allylic oxidation sites excluding steroid dienone is 2. The average Bonchev–Trinajstić information content (AvgIpc) is 2.00. The maximum atomic E-state index is 9.61. The highest BCUT2D eigenvalue weighted by Gasteiger charge is 2.11. The Bertz CT molecular complexity index is 149. The highest BCUT2D eigenvalue weighted by atomic mass is 16.3. The third-order valence-electron chi connectivity index (χ3n) is 2.06. The summed E-state index contributed by atoms with van der Waals surface area (Å²) in [6.07, 6.45) is 4.28. The fourth-order valence-corrected chi connectivity index (χ4v) is 1.10. The van der Waals surface area contributed by atoms with Crippen molar-refractivity contribution in [1.29, 1.82) is 0 Å². The van der Waals surface area contributed by atoms with Gasteiger partial charge in [0.2, 0.25) is 0 Å². The van der Waals surface area contributed by atoms with Gasteiger partial charge in [-0.15, -0.1) is 13.2 Å². The SMILES string of the molecule is C=CCC(C)C(O)CCC(=C)C. The topological polar surface area (TPSA) is 20.2 Å². The van der Waals surface area contributed by atoms with Gasteiger partial charge in [-0.3, -0.25) is 0 Å². The molecular weight excluding hydrogens is 148 g/mol. The van der Waals surface area contributed by atoms with Gasteiger partial charge in [-0.25, -0.2) is 0 Å². The molecule has 0 aromatic carbocycles. The van der Waals surface area contributed by atoms with Crippen LogP contribution in [0.2, 0.25) is 0 Å². The number of hydrogen-bond acceptors (Lipinski definition) is 1. The van der Waals surface area contributed by atoms with Gasteiger partial charge in [0.25, 0.3) is 0 Å². The molecule has 0 radical (unpaired) electrons. The van der Waals surface area contributed by atoms with Crippen molar-refractivity contribution in [2.24, 2.45) is 5.92 Å². The number of rotatable bonds is 6. The van der Waals surface area contributed by atoms with E-state index < -0.39 is 0 Å². The summed E-state index contributed by atoms with van der Waals surface area (Å²) in [5.74, 6) is 0.321. The summed E-state index contributed by atoms with van der Waals surface area (Å²) in [4.78, 5) is 0. The molecule has 0 saturated heterocycles. The normalized spacial score (nSPS) is 15.2. The molecule has 70 valence electrons. The van der Waals surface area contributed by atoms with E-state index in [1.165, 1.54) is 0 Å². The van der Waals surface area contributed by atoms with Gasteiger partial charge in [0, 0.05) is 0 Å². The molecule has 0 spiro atoms. The van der Waals surface area contributed by atoms with Gasteiger partial charge in [0.1, 0.15) is 0 Å². The van der Waals surface area contributed by atoms with Gasteiger partial charge in [-0.1, -0.05) is 18.6 Å². The number of aliphatic hydroxyl groups excluding tert-OH is 1. The predicted octanol–water partition coefficient (Wildman–Crippen LogP) is 2.92. The van der Waals surface area contributed by atoms with Crippen molar-refractivity contribution in [2.45, 2.75) is 39.2 Å². The molecule has 0 aromatic rings. The van der Waals surface area contributed by atoms with Crippen LogP contribution in [0.25, 0.3) is 0 Å². The zero-order valence-electron chi connectivity index (χ0n) is 8.21. The molecule has 1 N–H and O–H groups in total. The minimum atomic E-state index is -0.209. The lowest BCUT2D eigenvalue weighted by Crippen LogP contribution is -2.16. The molecule has 0 aliphatic carbocycles. The van der Waals surface area contributed by atoms with Crippen LogP contribution in [0.4, 0.5) is 0 Å². The molecule has 0 amide bonds. The maximum Gasteiger partial charge on any atom is 0.0571 e. The van der Waals surface area contributed by atoms with Gasteiger partial charge in [-0.2, -0.15) is 0 Å². The molecule has 0 rings (SSSR count). The lowest BCUT2D eigenvalue weighted by Gasteiger charge is -2.16. The van der Waals surface area contributed by atoms with E-state index in [-0.39, 0.29) is 6.10 Å². The standard InChI is InChI=1S/C11H20O/c1-5-6-10(4)11(12)8-7-9(2)3/h5,10-12H,1-2,6-8H2,3-4H3. The van der Waals surface area contributed by atoms with Crippen molar-refractivity contribution in [3.63, 3.8) is 0 Å². The fourth-order valence-electron chi connectivity index (χ4n) is 1.10. The van der Waals surface area contributed by atoms with Crippen molar-refractivity contribution in [3.05, 3.63) is 24.8 Å². The Morgan fingerprint density at radius 3 is 2.58 bits per heavy atom. The van der Waals surface area contributed by atoms with E-state index in [9.17, 15) is 5.11 Å². The van der Waals surface area contributed by atoms with E-state index in [0.29, 0.717) is 5.92 Å². The Balaban J connectivity index is 3.62. The van der Waals surface area contributed by atoms with Crippen molar-refractivity contribution in [1.82, 2.24) is 0 Å². The Labute approximate surface area is 75.8 Å². The van der Waals surface area contributed by atoms with Gasteiger partial charge in [-0.05, 0) is 32.1 Å². The van der Waals surface area contributed by atoms with E-state index in [1.807, 2.05) is 19.9 Å². The monoisotopic (exact) mass is 168 g/mol. The van der Waals surface area contributed by atoms with Crippen LogP contribution < -0.4 is 0 Å². The first-order valence-electron chi connectivity index (χ1n) is 4.51. The minimum absolute atomic E-state index is 0.209. The summed E-state index contributed by atoms with van der Waals surface area (Å²) in [7, 11) is 0. The lowest BCUT2D eigenvalue weighted by atomic mass is 9.96. The van der Waals surface area contributed by atoms with Gasteiger partial charge < -0.3 is 5.11 Å². The maximum absolute atomic E-state index is 9.61. The number of aliphatic hydroxyl groups is 1. The van der Waals surface area contributed by atoms with Crippen LogP contribution in [0.15, 0.2) is 24.8 Å². The van der Waals surface area contributed by atoms with E-state index in [0.717, 1.165) is 24.8 Å². The Hall–Kier alpha value is -0.560. The summed E-state index contributed by atoms with van der Waals surface area (Å²) >= 11 is 0. The smallest absolute Gasteiger partial charge is 0.0571 e. The third kappa shape index (κ3) is 5.14. The highest BCUT2D eigenvalue weighted by Crippen LogP contribution is 2.15. The van der Waals surface area contributed by atoms with E-state index in [1.54, 1.807) is 0 Å². The summed E-state index contributed by atoms with van der Waals surface area (Å²) in [5.41, 5.74) is 1.14. The van der Waals surface area contributed by atoms with Crippen molar-refractivity contribution in [3.8, 4) is 0 Å². The molecule has 0 saturated carbocycles. The molecule has 12 heavy (non-hydrogen) atoms. The molecular formula is C11H20O.